The van der Waals surface area contributed by atoms with E-state index in [1.54, 1.807) is 0 Å². The van der Waals surface area contributed by atoms with Gasteiger partial charge in [-0.15, -0.1) is 0 Å². The largest absolute Gasteiger partial charge is 0.368 e. The Balaban J connectivity index is 1.82. The molecular weight excluding hydrogens is 344 g/mol. The summed E-state index contributed by atoms with van der Waals surface area (Å²) in [7, 11) is 0. The number of hydrogen-bond acceptors (Lipinski definition) is 4. The van der Waals surface area contributed by atoms with Crippen LogP contribution in [0.25, 0.3) is 11.0 Å². The second kappa shape index (κ2) is 8.52. The zero-order valence-corrected chi connectivity index (χ0v) is 16.2. The Morgan fingerprint density at radius 1 is 1.30 bits per heavy atom. The molecule has 3 rings (SSSR count). The van der Waals surface area contributed by atoms with E-state index in [1.807, 2.05) is 49.6 Å². The van der Waals surface area contributed by atoms with E-state index in [1.165, 1.54) is 0 Å². The van der Waals surface area contributed by atoms with Crippen LogP contribution in [0.5, 0.6) is 0 Å². The van der Waals surface area contributed by atoms with Gasteiger partial charge in [-0.1, -0.05) is 19.1 Å². The van der Waals surface area contributed by atoms with Crippen molar-refractivity contribution in [2.45, 2.75) is 64.8 Å². The summed E-state index contributed by atoms with van der Waals surface area (Å²) in [6, 6.07) is 7.48. The summed E-state index contributed by atoms with van der Waals surface area (Å²) in [6.07, 6.45) is 2.13. The number of rotatable bonds is 7. The molecular formula is C20H28N4O3. The van der Waals surface area contributed by atoms with Crippen LogP contribution >= 0.6 is 0 Å². The number of amides is 2. The van der Waals surface area contributed by atoms with Crippen molar-refractivity contribution in [1.82, 2.24) is 20.2 Å². The van der Waals surface area contributed by atoms with Gasteiger partial charge in [-0.05, 0) is 45.2 Å². The molecule has 1 saturated heterocycles. The third-order valence-electron chi connectivity index (χ3n) is 4.97. The van der Waals surface area contributed by atoms with Gasteiger partial charge in [0.2, 0.25) is 11.8 Å². The minimum absolute atomic E-state index is 0.0635. The molecule has 2 heterocycles. The van der Waals surface area contributed by atoms with Crippen molar-refractivity contribution < 1.29 is 14.3 Å². The number of nitrogens with one attached hydrogen (secondary N) is 2. The van der Waals surface area contributed by atoms with E-state index in [4.69, 9.17) is 4.74 Å². The maximum atomic E-state index is 12.5. The summed E-state index contributed by atoms with van der Waals surface area (Å²) in [5.74, 6) is 0.482. The lowest BCUT2D eigenvalue weighted by molar-refractivity contribution is -0.130. The number of nitrogens with zero attached hydrogens (tertiary/aromatic N) is 2. The van der Waals surface area contributed by atoms with Crippen LogP contribution in [0, 0.1) is 0 Å². The third-order valence-corrected chi connectivity index (χ3v) is 4.97. The van der Waals surface area contributed by atoms with E-state index in [0.29, 0.717) is 12.4 Å². The van der Waals surface area contributed by atoms with Crippen LogP contribution in [-0.4, -0.2) is 40.1 Å². The number of carbonyl (C=O) groups is 2. The molecule has 2 aromatic rings. The predicted octanol–water partition coefficient (Wildman–Crippen LogP) is 2.31. The minimum atomic E-state index is -0.390. The van der Waals surface area contributed by atoms with Gasteiger partial charge in [0.15, 0.2) is 0 Å². The van der Waals surface area contributed by atoms with Crippen molar-refractivity contribution in [2.75, 3.05) is 6.61 Å². The van der Waals surface area contributed by atoms with Gasteiger partial charge in [-0.3, -0.25) is 9.59 Å². The van der Waals surface area contributed by atoms with Crippen LogP contribution in [-0.2, 0) is 20.9 Å². The number of aromatic nitrogens is 2. The van der Waals surface area contributed by atoms with Crippen molar-refractivity contribution in [3.8, 4) is 0 Å². The molecule has 7 nitrogen and oxygen atoms in total. The quantitative estimate of drug-likeness (QED) is 0.781. The van der Waals surface area contributed by atoms with E-state index in [2.05, 4.69) is 15.6 Å². The van der Waals surface area contributed by atoms with Gasteiger partial charge in [0, 0.05) is 12.6 Å². The molecule has 0 aliphatic carbocycles. The normalized spacial score (nSPS) is 19.0. The molecule has 0 bridgehead atoms. The summed E-state index contributed by atoms with van der Waals surface area (Å²) >= 11 is 0. The molecule has 146 valence electrons. The van der Waals surface area contributed by atoms with Crippen molar-refractivity contribution >= 4 is 22.8 Å². The molecule has 1 fully saturated rings. The first-order valence-corrected chi connectivity index (χ1v) is 9.66. The maximum absolute atomic E-state index is 12.5. The highest BCUT2D eigenvalue weighted by molar-refractivity contribution is 5.83. The van der Waals surface area contributed by atoms with Crippen LogP contribution in [0.4, 0.5) is 0 Å². The second-order valence-electron chi connectivity index (χ2n) is 7.15. The van der Waals surface area contributed by atoms with E-state index in [9.17, 15) is 9.59 Å². The van der Waals surface area contributed by atoms with Gasteiger partial charge < -0.3 is 19.9 Å². The lowest BCUT2D eigenvalue weighted by Crippen LogP contribution is -2.38. The van der Waals surface area contributed by atoms with Gasteiger partial charge in [0.1, 0.15) is 18.5 Å². The summed E-state index contributed by atoms with van der Waals surface area (Å²) in [4.78, 5) is 29.5. The van der Waals surface area contributed by atoms with Gasteiger partial charge in [0.05, 0.1) is 17.1 Å². The third kappa shape index (κ3) is 4.47. The van der Waals surface area contributed by atoms with Crippen molar-refractivity contribution in [1.29, 1.82) is 0 Å². The molecule has 7 heteroatoms. The van der Waals surface area contributed by atoms with Crippen molar-refractivity contribution in [2.24, 2.45) is 0 Å². The fourth-order valence-corrected chi connectivity index (χ4v) is 3.31. The van der Waals surface area contributed by atoms with Crippen molar-refractivity contribution in [3.05, 3.63) is 30.1 Å². The standard InChI is InChI=1S/C20H28N4O3/c1-4-13(2)21-18(25)12-24-16-9-6-5-8-15(16)23-19(24)14(3)22-20(26)17-10-7-11-27-17/h5-6,8-9,13-14,17H,4,7,10-12H2,1-3H3,(H,21,25)(H,22,26). The zero-order valence-electron chi connectivity index (χ0n) is 16.2. The van der Waals surface area contributed by atoms with E-state index >= 15 is 0 Å². The molecule has 1 aromatic carbocycles. The van der Waals surface area contributed by atoms with Crippen LogP contribution < -0.4 is 10.6 Å². The Labute approximate surface area is 159 Å². The van der Waals surface area contributed by atoms with Crippen molar-refractivity contribution in [3.63, 3.8) is 0 Å². The average Bonchev–Trinajstić information content (AvgIpc) is 3.30. The molecule has 27 heavy (non-hydrogen) atoms. The molecule has 1 aliphatic heterocycles. The Morgan fingerprint density at radius 3 is 2.78 bits per heavy atom. The number of carbonyl (C=O) groups excluding carboxylic acids is 2. The number of benzene rings is 1. The molecule has 1 aliphatic rings. The molecule has 1 aromatic heterocycles. The van der Waals surface area contributed by atoms with Crippen LogP contribution in [0.1, 0.15) is 51.9 Å². The summed E-state index contributed by atoms with van der Waals surface area (Å²) in [5, 5.41) is 5.98. The topological polar surface area (TPSA) is 85.2 Å². The van der Waals surface area contributed by atoms with Crippen LogP contribution in [0.15, 0.2) is 24.3 Å². The fourth-order valence-electron chi connectivity index (χ4n) is 3.31. The van der Waals surface area contributed by atoms with Gasteiger partial charge in [0.25, 0.3) is 0 Å². The molecule has 2 amide bonds. The van der Waals surface area contributed by atoms with Gasteiger partial charge in [-0.2, -0.15) is 0 Å². The smallest absolute Gasteiger partial charge is 0.249 e. The number of ether oxygens (including phenoxy) is 1. The number of hydrogen-bond donors (Lipinski definition) is 2. The Hall–Kier alpha value is -2.41. The van der Waals surface area contributed by atoms with E-state index < -0.39 is 0 Å². The summed E-state index contributed by atoms with van der Waals surface area (Å²) in [6.45, 7) is 6.69. The molecule has 3 atom stereocenters. The molecule has 3 unspecified atom stereocenters. The Bertz CT molecular complexity index is 811. The highest BCUT2D eigenvalue weighted by atomic mass is 16.5. The van der Waals surface area contributed by atoms with Gasteiger partial charge >= 0.3 is 0 Å². The molecule has 0 spiro atoms. The minimum Gasteiger partial charge on any atom is -0.368 e. The van der Waals surface area contributed by atoms with E-state index in [0.717, 1.165) is 30.3 Å². The number of fused-ring (bicyclic) bond motifs is 1. The maximum Gasteiger partial charge on any atom is 0.249 e. The predicted molar refractivity (Wildman–Crippen MR) is 103 cm³/mol. The first kappa shape index (κ1) is 19.4. The average molecular weight is 372 g/mol. The first-order valence-electron chi connectivity index (χ1n) is 9.66. The molecule has 0 saturated carbocycles. The molecule has 2 N–H and O–H groups in total. The first-order chi connectivity index (χ1) is 13.0. The van der Waals surface area contributed by atoms with Gasteiger partial charge in [-0.25, -0.2) is 4.98 Å². The summed E-state index contributed by atoms with van der Waals surface area (Å²) in [5.41, 5.74) is 1.69. The Morgan fingerprint density at radius 2 is 2.07 bits per heavy atom. The Kier molecular flexibility index (Phi) is 6.11. The fraction of sp³-hybridized carbons (Fsp3) is 0.550. The SMILES string of the molecule is CCC(C)NC(=O)Cn1c(C(C)NC(=O)C2CCCO2)nc2ccccc21. The summed E-state index contributed by atoms with van der Waals surface area (Å²) < 4.78 is 7.34. The zero-order chi connectivity index (χ0) is 19.4. The number of para-hydroxylation sites is 2. The molecule has 0 radical (unpaired) electrons. The lowest BCUT2D eigenvalue weighted by Gasteiger charge is -2.19. The van der Waals surface area contributed by atoms with Crippen LogP contribution in [0.3, 0.4) is 0 Å². The monoisotopic (exact) mass is 372 g/mol. The lowest BCUT2D eigenvalue weighted by atomic mass is 10.2. The van der Waals surface area contributed by atoms with E-state index in [-0.39, 0.29) is 36.5 Å². The highest BCUT2D eigenvalue weighted by Crippen LogP contribution is 2.22. The second-order valence-corrected chi connectivity index (χ2v) is 7.15. The van der Waals surface area contributed by atoms with Crippen LogP contribution in [0.2, 0.25) is 0 Å². The highest BCUT2D eigenvalue weighted by Gasteiger charge is 2.27. The number of imidazole rings is 1.